The van der Waals surface area contributed by atoms with Crippen molar-refractivity contribution in [3.05, 3.63) is 24.3 Å². The molecule has 1 aromatic heterocycles. The van der Waals surface area contributed by atoms with Crippen LogP contribution in [-0.4, -0.2) is 46.5 Å². The van der Waals surface area contributed by atoms with Gasteiger partial charge in [0.2, 0.25) is 5.91 Å². The van der Waals surface area contributed by atoms with Crippen molar-refractivity contribution < 1.29 is 18.8 Å². The molecule has 2 aromatic rings. The number of oxazole rings is 1. The van der Waals surface area contributed by atoms with Crippen molar-refractivity contribution in [3.8, 4) is 0 Å². The van der Waals surface area contributed by atoms with Crippen molar-refractivity contribution in [1.82, 2.24) is 20.7 Å². The molecule has 1 aromatic carbocycles. The number of imide groups is 1. The van der Waals surface area contributed by atoms with Gasteiger partial charge in [-0.1, -0.05) is 19.1 Å². The Morgan fingerprint density at radius 1 is 1.16 bits per heavy atom. The number of aromatic nitrogens is 1. The van der Waals surface area contributed by atoms with Crippen LogP contribution in [0.2, 0.25) is 0 Å². The SMILES string of the molecule is CC1CCC2(CC1)NC(=O)N(NC(=O)C1CCN(c3nc4ccccc4o3)CC1)C2=O. The van der Waals surface area contributed by atoms with Gasteiger partial charge in [-0.3, -0.25) is 15.0 Å². The van der Waals surface area contributed by atoms with Crippen LogP contribution in [0.4, 0.5) is 10.8 Å². The lowest BCUT2D eigenvalue weighted by atomic mass is 9.77. The van der Waals surface area contributed by atoms with Crippen LogP contribution in [0.5, 0.6) is 0 Å². The molecule has 2 saturated heterocycles. The highest BCUT2D eigenvalue weighted by atomic mass is 16.4. The summed E-state index contributed by atoms with van der Waals surface area (Å²) in [5.74, 6) is -0.349. The second kappa shape index (κ2) is 7.55. The first-order valence-electron chi connectivity index (χ1n) is 11.0. The van der Waals surface area contributed by atoms with E-state index in [0.717, 1.165) is 29.0 Å². The number of amides is 4. The Morgan fingerprint density at radius 3 is 2.58 bits per heavy atom. The van der Waals surface area contributed by atoms with Gasteiger partial charge in [-0.05, 0) is 56.6 Å². The van der Waals surface area contributed by atoms with E-state index in [2.05, 4.69) is 22.7 Å². The van der Waals surface area contributed by atoms with Crippen molar-refractivity contribution in [2.24, 2.45) is 11.8 Å². The van der Waals surface area contributed by atoms with Crippen LogP contribution in [0.3, 0.4) is 0 Å². The molecule has 4 amide bonds. The predicted molar refractivity (Wildman–Crippen MR) is 113 cm³/mol. The number of urea groups is 1. The molecule has 3 heterocycles. The molecule has 0 radical (unpaired) electrons. The minimum Gasteiger partial charge on any atom is -0.423 e. The molecule has 3 aliphatic rings. The van der Waals surface area contributed by atoms with E-state index in [-0.39, 0.29) is 17.7 Å². The van der Waals surface area contributed by atoms with Crippen molar-refractivity contribution in [1.29, 1.82) is 0 Å². The molecule has 3 fully saturated rings. The van der Waals surface area contributed by atoms with Gasteiger partial charge in [0.15, 0.2) is 5.58 Å². The number of fused-ring (bicyclic) bond motifs is 1. The summed E-state index contributed by atoms with van der Waals surface area (Å²) in [5.41, 5.74) is 3.27. The molecule has 1 aliphatic carbocycles. The standard InChI is InChI=1S/C22H27N5O4/c1-14-6-10-22(11-7-14)19(29)27(20(30)24-22)25-18(28)15-8-12-26(13-9-15)21-23-16-4-2-3-5-17(16)31-21/h2-5,14-15H,6-13H2,1H3,(H,24,30)(H,25,28). The normalized spacial score (nSPS) is 27.2. The number of carbonyl (C=O) groups is 3. The molecular formula is C22H27N5O4. The second-order valence-corrected chi connectivity index (χ2v) is 9.04. The summed E-state index contributed by atoms with van der Waals surface area (Å²) in [6, 6.07) is 7.63. The van der Waals surface area contributed by atoms with Crippen LogP contribution in [0.1, 0.15) is 45.4 Å². The number of anilines is 1. The molecule has 2 N–H and O–H groups in total. The summed E-state index contributed by atoms with van der Waals surface area (Å²) >= 11 is 0. The fourth-order valence-electron chi connectivity index (χ4n) is 4.85. The largest absolute Gasteiger partial charge is 0.423 e. The minimum atomic E-state index is -0.854. The van der Waals surface area contributed by atoms with Crippen LogP contribution < -0.4 is 15.6 Å². The van der Waals surface area contributed by atoms with Gasteiger partial charge in [-0.2, -0.15) is 9.99 Å². The maximum absolute atomic E-state index is 12.9. The van der Waals surface area contributed by atoms with Crippen molar-refractivity contribution in [2.75, 3.05) is 18.0 Å². The third-order valence-corrected chi connectivity index (χ3v) is 6.93. The van der Waals surface area contributed by atoms with Crippen molar-refractivity contribution in [3.63, 3.8) is 0 Å². The molecular weight excluding hydrogens is 398 g/mol. The van der Waals surface area contributed by atoms with Gasteiger partial charge in [-0.25, -0.2) is 4.79 Å². The summed E-state index contributed by atoms with van der Waals surface area (Å²) in [6.45, 7) is 3.39. The Hall–Kier alpha value is -3.10. The van der Waals surface area contributed by atoms with Gasteiger partial charge in [0.1, 0.15) is 11.1 Å². The number of para-hydroxylation sites is 2. The highest BCUT2D eigenvalue weighted by molar-refractivity contribution is 6.08. The number of hydrogen-bond donors (Lipinski definition) is 2. The van der Waals surface area contributed by atoms with Crippen LogP contribution in [0, 0.1) is 11.8 Å². The van der Waals surface area contributed by atoms with Crippen molar-refractivity contribution in [2.45, 2.75) is 51.0 Å². The quantitative estimate of drug-likeness (QED) is 0.732. The smallest absolute Gasteiger partial charge is 0.344 e. The average molecular weight is 425 g/mol. The van der Waals surface area contributed by atoms with Gasteiger partial charge in [0, 0.05) is 19.0 Å². The van der Waals surface area contributed by atoms with Gasteiger partial charge >= 0.3 is 6.03 Å². The van der Waals surface area contributed by atoms with Crippen molar-refractivity contribution >= 4 is 35.0 Å². The van der Waals surface area contributed by atoms with E-state index in [1.54, 1.807) is 0 Å². The molecule has 0 bridgehead atoms. The molecule has 164 valence electrons. The van der Waals surface area contributed by atoms with Gasteiger partial charge < -0.3 is 14.6 Å². The maximum Gasteiger partial charge on any atom is 0.344 e. The number of benzene rings is 1. The van der Waals surface area contributed by atoms with Gasteiger partial charge in [0.05, 0.1) is 0 Å². The van der Waals surface area contributed by atoms with Crippen LogP contribution in [0.15, 0.2) is 28.7 Å². The summed E-state index contributed by atoms with van der Waals surface area (Å²) in [4.78, 5) is 44.7. The summed E-state index contributed by atoms with van der Waals surface area (Å²) < 4.78 is 5.82. The number of nitrogens with zero attached hydrogens (tertiary/aromatic N) is 3. The topological polar surface area (TPSA) is 108 Å². The average Bonchev–Trinajstić information content (AvgIpc) is 3.31. The lowest BCUT2D eigenvalue weighted by Crippen LogP contribution is -2.53. The van der Waals surface area contributed by atoms with Gasteiger partial charge in [-0.15, -0.1) is 0 Å². The molecule has 1 saturated carbocycles. The predicted octanol–water partition coefficient (Wildman–Crippen LogP) is 2.58. The molecule has 9 heteroatoms. The van der Waals surface area contributed by atoms with E-state index in [0.29, 0.717) is 50.7 Å². The Balaban J connectivity index is 1.19. The van der Waals surface area contributed by atoms with E-state index in [9.17, 15) is 14.4 Å². The molecule has 1 spiro atoms. The van der Waals surface area contributed by atoms with Crippen LogP contribution in [0.25, 0.3) is 11.1 Å². The monoisotopic (exact) mass is 425 g/mol. The van der Waals surface area contributed by atoms with Gasteiger partial charge in [0.25, 0.3) is 11.9 Å². The third-order valence-electron chi connectivity index (χ3n) is 6.93. The number of nitrogens with one attached hydrogen (secondary N) is 2. The number of piperidine rings is 1. The minimum absolute atomic E-state index is 0.274. The molecule has 0 atom stereocenters. The van der Waals surface area contributed by atoms with E-state index >= 15 is 0 Å². The number of hydrogen-bond acceptors (Lipinski definition) is 6. The summed E-state index contributed by atoms with van der Waals surface area (Å²) in [5, 5.41) is 3.73. The summed E-state index contributed by atoms with van der Waals surface area (Å²) in [7, 11) is 0. The first-order chi connectivity index (χ1) is 14.9. The van der Waals surface area contributed by atoms with Crippen LogP contribution >= 0.6 is 0 Å². The van der Waals surface area contributed by atoms with Crippen LogP contribution in [-0.2, 0) is 9.59 Å². The zero-order valence-corrected chi connectivity index (χ0v) is 17.6. The third kappa shape index (κ3) is 3.51. The highest BCUT2D eigenvalue weighted by Crippen LogP contribution is 2.36. The Bertz CT molecular complexity index is 985. The first kappa shape index (κ1) is 19.8. The zero-order valence-electron chi connectivity index (χ0n) is 17.6. The Morgan fingerprint density at radius 2 is 1.87 bits per heavy atom. The lowest BCUT2D eigenvalue weighted by Gasteiger charge is -2.33. The zero-order chi connectivity index (χ0) is 21.6. The summed E-state index contributed by atoms with van der Waals surface area (Å²) in [6.07, 6.45) is 4.21. The fourth-order valence-corrected chi connectivity index (χ4v) is 4.85. The Kier molecular flexibility index (Phi) is 4.83. The maximum atomic E-state index is 12.9. The molecule has 31 heavy (non-hydrogen) atoms. The Labute approximate surface area is 180 Å². The number of hydrazine groups is 1. The second-order valence-electron chi connectivity index (χ2n) is 9.04. The fraction of sp³-hybridized carbons (Fsp3) is 0.545. The first-order valence-corrected chi connectivity index (χ1v) is 11.0. The lowest BCUT2D eigenvalue weighted by molar-refractivity contribution is -0.141. The van der Waals surface area contributed by atoms with E-state index < -0.39 is 11.6 Å². The molecule has 9 nitrogen and oxygen atoms in total. The van der Waals surface area contributed by atoms with E-state index in [1.165, 1.54) is 0 Å². The molecule has 0 unspecified atom stereocenters. The van der Waals surface area contributed by atoms with E-state index in [1.807, 2.05) is 29.2 Å². The number of carbonyl (C=O) groups excluding carboxylic acids is 3. The van der Waals surface area contributed by atoms with E-state index in [4.69, 9.17) is 4.42 Å². The number of rotatable bonds is 3. The molecule has 5 rings (SSSR count). The molecule has 2 aliphatic heterocycles. The highest BCUT2D eigenvalue weighted by Gasteiger charge is 2.53.